The Balaban J connectivity index is 2.15. The van der Waals surface area contributed by atoms with E-state index in [1.54, 1.807) is 6.92 Å². The van der Waals surface area contributed by atoms with Gasteiger partial charge in [-0.3, -0.25) is 4.79 Å². The first kappa shape index (κ1) is 17.1. The maximum absolute atomic E-state index is 11.4. The number of halogens is 1. The second-order valence-electron chi connectivity index (χ2n) is 4.96. The Morgan fingerprint density at radius 3 is 2.65 bits per heavy atom. The van der Waals surface area contributed by atoms with Gasteiger partial charge in [0.2, 0.25) is 0 Å². The van der Waals surface area contributed by atoms with Gasteiger partial charge in [0.25, 0.3) is 0 Å². The van der Waals surface area contributed by atoms with Crippen LogP contribution in [0.25, 0.3) is 0 Å². The van der Waals surface area contributed by atoms with Gasteiger partial charge in [0.05, 0.1) is 6.61 Å². The van der Waals surface area contributed by atoms with Crippen molar-refractivity contribution in [1.29, 1.82) is 0 Å². The highest BCUT2D eigenvalue weighted by Gasteiger charge is 2.04. The van der Waals surface area contributed by atoms with E-state index in [1.807, 2.05) is 42.5 Å². The molecule has 2 rings (SSSR count). The van der Waals surface area contributed by atoms with Crippen molar-refractivity contribution in [2.45, 2.75) is 19.8 Å². The maximum atomic E-state index is 11.4. The number of nitrogen functional groups attached to an aromatic ring is 1. The molecule has 23 heavy (non-hydrogen) atoms. The lowest BCUT2D eigenvalue weighted by Gasteiger charge is -2.05. The molecule has 118 valence electrons. The van der Waals surface area contributed by atoms with Gasteiger partial charge in [-0.15, -0.1) is 0 Å². The molecule has 3 nitrogen and oxygen atoms in total. The first-order valence-corrected chi connectivity index (χ1v) is 8.20. The van der Waals surface area contributed by atoms with Gasteiger partial charge >= 0.3 is 5.97 Å². The molecule has 0 radical (unpaired) electrons. The summed E-state index contributed by atoms with van der Waals surface area (Å²) in [5.74, 6) is 6.03. The molecule has 0 bridgehead atoms. The van der Waals surface area contributed by atoms with Crippen LogP contribution < -0.4 is 5.73 Å². The zero-order valence-corrected chi connectivity index (χ0v) is 14.5. The fourth-order valence-corrected chi connectivity index (χ4v) is 2.43. The summed E-state index contributed by atoms with van der Waals surface area (Å²) < 4.78 is 5.89. The normalized spacial score (nSPS) is 9.83. The largest absolute Gasteiger partial charge is 0.466 e. The van der Waals surface area contributed by atoms with Crippen LogP contribution in [0.5, 0.6) is 0 Å². The number of anilines is 1. The molecule has 0 saturated heterocycles. The second-order valence-corrected chi connectivity index (χ2v) is 5.81. The van der Waals surface area contributed by atoms with Crippen LogP contribution >= 0.6 is 15.9 Å². The van der Waals surface area contributed by atoms with Crippen molar-refractivity contribution in [2.24, 2.45) is 0 Å². The smallest absolute Gasteiger partial charge is 0.306 e. The van der Waals surface area contributed by atoms with Crippen molar-refractivity contribution in [3.63, 3.8) is 0 Å². The van der Waals surface area contributed by atoms with Crippen LogP contribution in [0.15, 0.2) is 46.9 Å². The van der Waals surface area contributed by atoms with Gasteiger partial charge in [0.15, 0.2) is 0 Å². The fraction of sp³-hybridized carbons (Fsp3) is 0.211. The summed E-state index contributed by atoms with van der Waals surface area (Å²) in [4.78, 5) is 11.4. The molecule has 0 aliphatic heterocycles. The van der Waals surface area contributed by atoms with Crippen LogP contribution in [-0.2, 0) is 16.0 Å². The molecule has 0 saturated carbocycles. The Morgan fingerprint density at radius 1 is 1.17 bits per heavy atom. The Morgan fingerprint density at radius 2 is 1.91 bits per heavy atom. The van der Waals surface area contributed by atoms with Gasteiger partial charge < -0.3 is 10.5 Å². The van der Waals surface area contributed by atoms with Gasteiger partial charge in [-0.25, -0.2) is 0 Å². The lowest BCUT2D eigenvalue weighted by molar-refractivity contribution is -0.143. The quantitative estimate of drug-likeness (QED) is 0.503. The first-order valence-electron chi connectivity index (χ1n) is 7.40. The first-order chi connectivity index (χ1) is 11.1. The highest BCUT2D eigenvalue weighted by molar-refractivity contribution is 9.10. The molecule has 2 N–H and O–H groups in total. The van der Waals surface area contributed by atoms with E-state index in [0.29, 0.717) is 25.1 Å². The van der Waals surface area contributed by atoms with Crippen LogP contribution in [0.3, 0.4) is 0 Å². The minimum atomic E-state index is -0.190. The van der Waals surface area contributed by atoms with E-state index in [1.165, 1.54) is 0 Å². The Hall–Kier alpha value is -2.25. The number of carbonyl (C=O) groups is 1. The Bertz CT molecular complexity index is 759. The average Bonchev–Trinajstić information content (AvgIpc) is 2.54. The molecule has 0 spiro atoms. The molecule has 0 amide bonds. The number of hydrogen-bond donors (Lipinski definition) is 1. The van der Waals surface area contributed by atoms with Crippen LogP contribution in [0.4, 0.5) is 5.69 Å². The lowest BCUT2D eigenvalue weighted by Crippen LogP contribution is -2.05. The third kappa shape index (κ3) is 5.15. The number of esters is 1. The summed E-state index contributed by atoms with van der Waals surface area (Å²) in [6.45, 7) is 2.21. The van der Waals surface area contributed by atoms with Crippen molar-refractivity contribution in [1.82, 2.24) is 0 Å². The van der Waals surface area contributed by atoms with E-state index in [2.05, 4.69) is 27.8 Å². The summed E-state index contributed by atoms with van der Waals surface area (Å²) in [7, 11) is 0. The lowest BCUT2D eigenvalue weighted by atomic mass is 10.0. The van der Waals surface area contributed by atoms with Crippen molar-refractivity contribution < 1.29 is 9.53 Å². The van der Waals surface area contributed by atoms with Crippen molar-refractivity contribution in [3.8, 4) is 11.8 Å². The molecule has 0 aromatic heterocycles. The maximum Gasteiger partial charge on any atom is 0.306 e. The summed E-state index contributed by atoms with van der Waals surface area (Å²) in [6, 6.07) is 13.4. The van der Waals surface area contributed by atoms with E-state index < -0.39 is 0 Å². The Kier molecular flexibility index (Phi) is 6.25. The van der Waals surface area contributed by atoms with Crippen LogP contribution in [0, 0.1) is 11.8 Å². The third-order valence-electron chi connectivity index (χ3n) is 3.25. The number of rotatable bonds is 4. The number of ether oxygens (including phenoxy) is 1. The standard InChI is InChI=1S/C19H18BrNO2/c1-2-23-19(22)12-8-14-7-11-18(21)16(13-14)10-9-15-5-3-4-6-17(15)20/h3-7,11,13H,2,8,12,21H2,1H3. The van der Waals surface area contributed by atoms with Crippen molar-refractivity contribution in [2.75, 3.05) is 12.3 Å². The number of aryl methyl sites for hydroxylation is 1. The number of carbonyl (C=O) groups excluding carboxylic acids is 1. The molecule has 2 aromatic carbocycles. The van der Waals surface area contributed by atoms with Gasteiger partial charge in [0.1, 0.15) is 0 Å². The summed E-state index contributed by atoms with van der Waals surface area (Å²) >= 11 is 3.47. The highest BCUT2D eigenvalue weighted by Crippen LogP contribution is 2.17. The van der Waals surface area contributed by atoms with E-state index in [-0.39, 0.29) is 5.97 Å². The fourth-order valence-electron chi connectivity index (χ4n) is 2.04. The monoisotopic (exact) mass is 371 g/mol. The molecule has 0 atom stereocenters. The summed E-state index contributed by atoms with van der Waals surface area (Å²) in [5.41, 5.74) is 9.31. The third-order valence-corrected chi connectivity index (χ3v) is 3.94. The van der Waals surface area contributed by atoms with Gasteiger partial charge in [-0.05, 0) is 59.1 Å². The number of nitrogens with two attached hydrogens (primary N) is 1. The molecular formula is C19H18BrNO2. The highest BCUT2D eigenvalue weighted by atomic mass is 79.9. The molecular weight excluding hydrogens is 354 g/mol. The minimum Gasteiger partial charge on any atom is -0.466 e. The molecule has 0 aliphatic carbocycles. The zero-order chi connectivity index (χ0) is 16.7. The van der Waals surface area contributed by atoms with Crippen molar-refractivity contribution >= 4 is 27.6 Å². The van der Waals surface area contributed by atoms with Gasteiger partial charge in [-0.1, -0.05) is 30.0 Å². The molecule has 2 aromatic rings. The minimum absolute atomic E-state index is 0.190. The molecule has 0 fully saturated rings. The predicted octanol–water partition coefficient (Wildman–Crippen LogP) is 3.93. The summed E-state index contributed by atoms with van der Waals surface area (Å²) in [5, 5.41) is 0. The number of benzene rings is 2. The molecule has 4 heteroatoms. The van der Waals surface area contributed by atoms with E-state index in [9.17, 15) is 4.79 Å². The van der Waals surface area contributed by atoms with Crippen molar-refractivity contribution in [3.05, 3.63) is 63.6 Å². The van der Waals surface area contributed by atoms with Crippen LogP contribution in [0.2, 0.25) is 0 Å². The SMILES string of the molecule is CCOC(=O)CCc1ccc(N)c(C#Cc2ccccc2Br)c1. The van der Waals surface area contributed by atoms with Gasteiger partial charge in [0, 0.05) is 27.7 Å². The zero-order valence-electron chi connectivity index (χ0n) is 12.9. The molecule has 0 heterocycles. The average molecular weight is 372 g/mol. The number of hydrogen-bond acceptors (Lipinski definition) is 3. The van der Waals surface area contributed by atoms with E-state index >= 15 is 0 Å². The predicted molar refractivity (Wildman–Crippen MR) is 95.9 cm³/mol. The molecule has 0 aliphatic rings. The van der Waals surface area contributed by atoms with Gasteiger partial charge in [-0.2, -0.15) is 0 Å². The Labute approximate surface area is 145 Å². The van der Waals surface area contributed by atoms with Crippen LogP contribution in [-0.4, -0.2) is 12.6 Å². The van der Waals surface area contributed by atoms with E-state index in [4.69, 9.17) is 10.5 Å². The summed E-state index contributed by atoms with van der Waals surface area (Å²) in [6.07, 6.45) is 0.970. The van der Waals surface area contributed by atoms with E-state index in [0.717, 1.165) is 21.2 Å². The molecule has 0 unspecified atom stereocenters. The topological polar surface area (TPSA) is 52.3 Å². The van der Waals surface area contributed by atoms with Crippen LogP contribution in [0.1, 0.15) is 30.0 Å². The second kappa shape index (κ2) is 8.40.